The van der Waals surface area contributed by atoms with E-state index in [1.54, 1.807) is 24.3 Å². The molecule has 0 amide bonds. The summed E-state index contributed by atoms with van der Waals surface area (Å²) in [6.07, 6.45) is -2.24. The monoisotopic (exact) mass is 503 g/mol. The maximum atomic E-state index is 12.0. The molecule has 0 saturated heterocycles. The maximum Gasteiger partial charge on any atom is 0.303 e. The predicted octanol–water partition coefficient (Wildman–Crippen LogP) is 1.76. The standard InChI is InChI=1S/C24H29N3O9/c1-14(28)33-13-22(34-15(2)29)24(36-17(4)31)23(35-16(3)30)18-10-20(11-25)27(26-12-18)19-6-8-21(32-5)9-7-19/h6-9,12,18,20,22-24H,10,13H2,1-5H3/t18-,20+,22-,23-,24-/m1/s1. The van der Waals surface area contributed by atoms with Crippen LogP contribution >= 0.6 is 0 Å². The average Bonchev–Trinajstić information content (AvgIpc) is 2.83. The summed E-state index contributed by atoms with van der Waals surface area (Å²) in [7, 11) is 1.54. The molecule has 1 aromatic rings. The first-order valence-corrected chi connectivity index (χ1v) is 11.1. The topological polar surface area (TPSA) is 154 Å². The zero-order valence-corrected chi connectivity index (χ0v) is 20.7. The van der Waals surface area contributed by atoms with Gasteiger partial charge in [0.1, 0.15) is 18.4 Å². The molecule has 0 aromatic heterocycles. The number of benzene rings is 1. The lowest BCUT2D eigenvalue weighted by atomic mass is 9.88. The number of rotatable bonds is 10. The van der Waals surface area contributed by atoms with E-state index in [4.69, 9.17) is 23.7 Å². The van der Waals surface area contributed by atoms with Crippen molar-refractivity contribution in [1.82, 2.24) is 0 Å². The Bertz CT molecular complexity index is 1020. The third-order valence-corrected chi connectivity index (χ3v) is 5.14. The van der Waals surface area contributed by atoms with Crippen LogP contribution in [0.2, 0.25) is 0 Å². The Hall–Kier alpha value is -4.14. The van der Waals surface area contributed by atoms with Gasteiger partial charge in [0.2, 0.25) is 0 Å². The molecule has 5 atom stereocenters. The van der Waals surface area contributed by atoms with Gasteiger partial charge in [0.05, 0.1) is 18.9 Å². The van der Waals surface area contributed by atoms with Crippen LogP contribution in [0.4, 0.5) is 5.69 Å². The molecule has 1 heterocycles. The SMILES string of the molecule is COc1ccc(N2N=C[C@H]([C@@H](OC(C)=O)[C@H](OC(C)=O)[C@@H](COC(C)=O)OC(C)=O)C[C@H]2C#N)cc1. The fourth-order valence-electron chi connectivity index (χ4n) is 3.71. The Morgan fingerprint density at radius 1 is 1.00 bits per heavy atom. The molecule has 1 aliphatic rings. The van der Waals surface area contributed by atoms with Crippen LogP contribution in [0.1, 0.15) is 34.1 Å². The summed E-state index contributed by atoms with van der Waals surface area (Å²) in [6.45, 7) is 4.14. The third kappa shape index (κ3) is 7.97. The van der Waals surface area contributed by atoms with Gasteiger partial charge in [-0.1, -0.05) is 0 Å². The van der Waals surface area contributed by atoms with E-state index in [2.05, 4.69) is 11.2 Å². The van der Waals surface area contributed by atoms with Gasteiger partial charge in [-0.2, -0.15) is 10.4 Å². The van der Waals surface area contributed by atoms with E-state index in [0.717, 1.165) is 27.7 Å². The third-order valence-electron chi connectivity index (χ3n) is 5.14. The van der Waals surface area contributed by atoms with Crippen molar-refractivity contribution < 1.29 is 42.9 Å². The second kappa shape index (κ2) is 13.1. The number of carbonyl (C=O) groups excluding carboxylic acids is 4. The number of esters is 4. The molecule has 2 rings (SSSR count). The summed E-state index contributed by atoms with van der Waals surface area (Å²) >= 11 is 0. The van der Waals surface area contributed by atoms with E-state index in [0.29, 0.717) is 11.4 Å². The lowest BCUT2D eigenvalue weighted by molar-refractivity contribution is -0.191. The van der Waals surface area contributed by atoms with Crippen molar-refractivity contribution in [3.8, 4) is 11.8 Å². The van der Waals surface area contributed by atoms with E-state index in [-0.39, 0.29) is 6.42 Å². The largest absolute Gasteiger partial charge is 0.497 e. The van der Waals surface area contributed by atoms with Crippen LogP contribution in [0.3, 0.4) is 0 Å². The van der Waals surface area contributed by atoms with Gasteiger partial charge in [-0.05, 0) is 30.7 Å². The minimum absolute atomic E-state index is 0.127. The summed E-state index contributed by atoms with van der Waals surface area (Å²) in [5.74, 6) is -2.92. The highest BCUT2D eigenvalue weighted by molar-refractivity contribution is 5.71. The predicted molar refractivity (Wildman–Crippen MR) is 125 cm³/mol. The quantitative estimate of drug-likeness (QED) is 0.339. The maximum absolute atomic E-state index is 12.0. The summed E-state index contributed by atoms with van der Waals surface area (Å²) in [4.78, 5) is 47.1. The summed E-state index contributed by atoms with van der Waals surface area (Å²) in [5.41, 5.74) is 0.630. The molecule has 1 aromatic carbocycles. The van der Waals surface area contributed by atoms with Crippen molar-refractivity contribution in [1.29, 1.82) is 5.26 Å². The number of hydrogen-bond acceptors (Lipinski definition) is 12. The zero-order valence-electron chi connectivity index (χ0n) is 20.7. The second-order valence-electron chi connectivity index (χ2n) is 7.95. The van der Waals surface area contributed by atoms with Gasteiger partial charge in [-0.15, -0.1) is 0 Å². The number of hydrogen-bond donors (Lipinski definition) is 0. The van der Waals surface area contributed by atoms with Crippen LogP contribution in [0.15, 0.2) is 29.4 Å². The van der Waals surface area contributed by atoms with Crippen molar-refractivity contribution in [2.45, 2.75) is 58.5 Å². The second-order valence-corrected chi connectivity index (χ2v) is 7.95. The zero-order chi connectivity index (χ0) is 26.8. The van der Waals surface area contributed by atoms with Gasteiger partial charge >= 0.3 is 23.9 Å². The van der Waals surface area contributed by atoms with Crippen LogP contribution in [0, 0.1) is 17.2 Å². The Morgan fingerprint density at radius 3 is 2.11 bits per heavy atom. The molecule has 12 nitrogen and oxygen atoms in total. The minimum Gasteiger partial charge on any atom is -0.497 e. The summed E-state index contributed by atoms with van der Waals surface area (Å²) < 4.78 is 26.3. The Balaban J connectivity index is 2.44. The molecule has 0 bridgehead atoms. The molecule has 0 saturated carbocycles. The number of nitriles is 1. The molecule has 0 spiro atoms. The van der Waals surface area contributed by atoms with Gasteiger partial charge in [0.15, 0.2) is 18.3 Å². The van der Waals surface area contributed by atoms with E-state index in [9.17, 15) is 24.4 Å². The van der Waals surface area contributed by atoms with Gasteiger partial charge in [-0.25, -0.2) is 5.01 Å². The van der Waals surface area contributed by atoms with Crippen LogP contribution in [0.25, 0.3) is 0 Å². The highest BCUT2D eigenvalue weighted by Gasteiger charge is 2.44. The molecule has 0 radical (unpaired) electrons. The van der Waals surface area contributed by atoms with E-state index in [1.165, 1.54) is 18.3 Å². The Labute approximate surface area is 208 Å². The first kappa shape index (κ1) is 28.1. The molecule has 1 aliphatic heterocycles. The molecule has 0 fully saturated rings. The number of hydrazone groups is 1. The van der Waals surface area contributed by atoms with Crippen LogP contribution in [-0.4, -0.2) is 68.2 Å². The van der Waals surface area contributed by atoms with Crippen molar-refractivity contribution in [2.24, 2.45) is 11.0 Å². The molecule has 0 N–H and O–H groups in total. The molecule has 0 aliphatic carbocycles. The Kier molecular flexibility index (Phi) is 10.2. The van der Waals surface area contributed by atoms with Crippen molar-refractivity contribution in [2.75, 3.05) is 18.7 Å². The normalized spacial score (nSPS) is 19.2. The number of carbonyl (C=O) groups is 4. The molecule has 0 unspecified atom stereocenters. The fourth-order valence-corrected chi connectivity index (χ4v) is 3.71. The van der Waals surface area contributed by atoms with Gasteiger partial charge in [0.25, 0.3) is 0 Å². The molecular formula is C24H29N3O9. The minimum atomic E-state index is -1.35. The van der Waals surface area contributed by atoms with Gasteiger partial charge in [-0.3, -0.25) is 19.2 Å². The molecule has 194 valence electrons. The molecule has 12 heteroatoms. The van der Waals surface area contributed by atoms with E-state index in [1.807, 2.05) is 0 Å². The highest BCUT2D eigenvalue weighted by atomic mass is 16.6. The van der Waals surface area contributed by atoms with Crippen LogP contribution < -0.4 is 9.75 Å². The van der Waals surface area contributed by atoms with E-state index < -0.39 is 60.8 Å². The number of anilines is 1. The highest BCUT2D eigenvalue weighted by Crippen LogP contribution is 2.31. The van der Waals surface area contributed by atoms with Crippen LogP contribution in [0.5, 0.6) is 5.75 Å². The van der Waals surface area contributed by atoms with Crippen molar-refractivity contribution in [3.05, 3.63) is 24.3 Å². The smallest absolute Gasteiger partial charge is 0.303 e. The Morgan fingerprint density at radius 2 is 1.61 bits per heavy atom. The molecular weight excluding hydrogens is 474 g/mol. The van der Waals surface area contributed by atoms with E-state index >= 15 is 0 Å². The summed E-state index contributed by atoms with van der Waals surface area (Å²) in [5, 5.41) is 15.7. The number of nitrogens with zero attached hydrogens (tertiary/aromatic N) is 3. The average molecular weight is 504 g/mol. The van der Waals surface area contributed by atoms with Gasteiger partial charge in [0, 0.05) is 39.8 Å². The number of methoxy groups -OCH3 is 1. The lowest BCUT2D eigenvalue weighted by Gasteiger charge is -2.38. The first-order valence-electron chi connectivity index (χ1n) is 11.1. The summed E-state index contributed by atoms with van der Waals surface area (Å²) in [6, 6.07) is 8.33. The number of ether oxygens (including phenoxy) is 5. The van der Waals surface area contributed by atoms with Crippen molar-refractivity contribution in [3.63, 3.8) is 0 Å². The molecule has 36 heavy (non-hydrogen) atoms. The van der Waals surface area contributed by atoms with Crippen LogP contribution in [-0.2, 0) is 38.1 Å². The first-order chi connectivity index (χ1) is 17.0. The lowest BCUT2D eigenvalue weighted by Crippen LogP contribution is -2.52. The fraction of sp³-hybridized carbons (Fsp3) is 0.500. The van der Waals surface area contributed by atoms with Gasteiger partial charge < -0.3 is 23.7 Å². The van der Waals surface area contributed by atoms with Crippen molar-refractivity contribution >= 4 is 35.8 Å².